The first-order valence-corrected chi connectivity index (χ1v) is 6.52. The van der Waals surface area contributed by atoms with Gasteiger partial charge in [-0.25, -0.2) is 0 Å². The molecule has 1 heterocycles. The van der Waals surface area contributed by atoms with Gasteiger partial charge in [-0.2, -0.15) is 0 Å². The highest BCUT2D eigenvalue weighted by Crippen LogP contribution is 2.32. The summed E-state index contributed by atoms with van der Waals surface area (Å²) >= 11 is 0. The molecule has 2 aromatic carbocycles. The van der Waals surface area contributed by atoms with Gasteiger partial charge < -0.3 is 10.1 Å². The van der Waals surface area contributed by atoms with Gasteiger partial charge in [-0.1, -0.05) is 30.3 Å². The van der Waals surface area contributed by atoms with Gasteiger partial charge in [0.1, 0.15) is 5.75 Å². The first-order valence-electron chi connectivity index (χ1n) is 6.52. The molecule has 0 aliphatic carbocycles. The smallest absolute Gasteiger partial charge is 0.255 e. The number of ketones is 1. The van der Waals surface area contributed by atoms with Gasteiger partial charge in [0.25, 0.3) is 5.56 Å². The van der Waals surface area contributed by atoms with E-state index in [4.69, 9.17) is 0 Å². The maximum absolute atomic E-state index is 11.8. The highest BCUT2D eigenvalue weighted by Gasteiger charge is 2.11. The van der Waals surface area contributed by atoms with Crippen LogP contribution in [-0.4, -0.2) is 15.9 Å². The Balaban J connectivity index is 2.28. The maximum Gasteiger partial charge on any atom is 0.255 e. The Bertz CT molecular complexity index is 892. The van der Waals surface area contributed by atoms with Gasteiger partial charge in [0.15, 0.2) is 5.78 Å². The summed E-state index contributed by atoms with van der Waals surface area (Å²) in [6.07, 6.45) is 1.58. The zero-order chi connectivity index (χ0) is 15.0. The Kier molecular flexibility index (Phi) is 3.06. The summed E-state index contributed by atoms with van der Waals surface area (Å²) < 4.78 is 0. The predicted octanol–water partition coefficient (Wildman–Crippen LogP) is 3.10. The van der Waals surface area contributed by atoms with Crippen molar-refractivity contribution in [3.63, 3.8) is 0 Å². The molecule has 3 aromatic rings. The van der Waals surface area contributed by atoms with Crippen molar-refractivity contribution in [1.29, 1.82) is 0 Å². The minimum Gasteiger partial charge on any atom is -0.507 e. The molecule has 0 saturated heterocycles. The molecule has 21 heavy (non-hydrogen) atoms. The van der Waals surface area contributed by atoms with Gasteiger partial charge in [-0.15, -0.1) is 0 Å². The van der Waals surface area contributed by atoms with Crippen LogP contribution in [0.4, 0.5) is 0 Å². The van der Waals surface area contributed by atoms with Crippen LogP contribution < -0.4 is 5.56 Å². The highest BCUT2D eigenvalue weighted by atomic mass is 16.3. The number of pyridine rings is 1. The summed E-state index contributed by atoms with van der Waals surface area (Å²) in [5.41, 5.74) is 1.92. The molecule has 0 spiro atoms. The first kappa shape index (κ1) is 13.1. The second-order valence-corrected chi connectivity index (χ2v) is 4.86. The standard InChI is InChI=1S/C17H13NO3/c1-10(19)11-5-7-12(8-6-11)14-9-18-17(21)13-3-2-4-15(20)16(13)14/h2-9,20H,1H3,(H,18,21). The fourth-order valence-corrected chi connectivity index (χ4v) is 2.41. The number of aromatic amines is 1. The minimum atomic E-state index is -0.245. The molecule has 0 fully saturated rings. The quantitative estimate of drug-likeness (QED) is 0.708. The van der Waals surface area contributed by atoms with E-state index < -0.39 is 0 Å². The minimum absolute atomic E-state index is 0.00396. The van der Waals surface area contributed by atoms with Crippen molar-refractivity contribution in [2.45, 2.75) is 6.92 Å². The molecule has 0 saturated carbocycles. The lowest BCUT2D eigenvalue weighted by Gasteiger charge is -2.08. The fourth-order valence-electron chi connectivity index (χ4n) is 2.41. The molecule has 0 radical (unpaired) electrons. The summed E-state index contributed by atoms with van der Waals surface area (Å²) in [6.45, 7) is 1.51. The van der Waals surface area contributed by atoms with E-state index >= 15 is 0 Å². The topological polar surface area (TPSA) is 70.2 Å². The summed E-state index contributed by atoms with van der Waals surface area (Å²) in [5, 5.41) is 11.0. The van der Waals surface area contributed by atoms with Crippen LogP contribution in [0.5, 0.6) is 5.75 Å². The van der Waals surface area contributed by atoms with Crippen molar-refractivity contribution in [2.75, 3.05) is 0 Å². The lowest BCUT2D eigenvalue weighted by molar-refractivity contribution is 0.101. The number of aromatic hydroxyl groups is 1. The van der Waals surface area contributed by atoms with Crippen molar-refractivity contribution in [3.8, 4) is 16.9 Å². The number of H-pyrrole nitrogens is 1. The summed E-state index contributed by atoms with van der Waals surface area (Å²) in [5.74, 6) is 0.0555. The van der Waals surface area contributed by atoms with E-state index in [9.17, 15) is 14.7 Å². The summed E-state index contributed by atoms with van der Waals surface area (Å²) in [6, 6.07) is 11.9. The molecule has 0 bridgehead atoms. The molecule has 2 N–H and O–H groups in total. The second kappa shape index (κ2) is 4.90. The van der Waals surface area contributed by atoms with E-state index in [-0.39, 0.29) is 17.1 Å². The molecule has 1 aromatic heterocycles. The third-order valence-electron chi connectivity index (χ3n) is 3.51. The van der Waals surface area contributed by atoms with Gasteiger partial charge >= 0.3 is 0 Å². The van der Waals surface area contributed by atoms with E-state index in [1.165, 1.54) is 6.92 Å². The van der Waals surface area contributed by atoms with Crippen molar-refractivity contribution in [3.05, 3.63) is 64.6 Å². The largest absolute Gasteiger partial charge is 0.507 e. The van der Waals surface area contributed by atoms with Crippen LogP contribution >= 0.6 is 0 Å². The van der Waals surface area contributed by atoms with Crippen LogP contribution in [0, 0.1) is 0 Å². The van der Waals surface area contributed by atoms with Crippen LogP contribution in [0.15, 0.2) is 53.5 Å². The van der Waals surface area contributed by atoms with Crippen LogP contribution in [0.3, 0.4) is 0 Å². The number of fused-ring (bicyclic) bond motifs is 1. The van der Waals surface area contributed by atoms with Crippen LogP contribution in [0.2, 0.25) is 0 Å². The van der Waals surface area contributed by atoms with Gasteiger partial charge in [-0.05, 0) is 24.6 Å². The molecule has 0 unspecified atom stereocenters. The third kappa shape index (κ3) is 2.21. The molecule has 0 aliphatic heterocycles. The second-order valence-electron chi connectivity index (χ2n) is 4.86. The number of aromatic nitrogens is 1. The van der Waals surface area contributed by atoms with Gasteiger partial charge in [0, 0.05) is 22.7 Å². The molecule has 3 rings (SSSR count). The molecule has 0 amide bonds. The maximum atomic E-state index is 11.8. The van der Waals surface area contributed by atoms with Crippen LogP contribution in [-0.2, 0) is 0 Å². The Morgan fingerprint density at radius 1 is 1.10 bits per heavy atom. The number of carbonyl (C=O) groups is 1. The molecule has 0 atom stereocenters. The number of phenols is 1. The van der Waals surface area contributed by atoms with Crippen molar-refractivity contribution in [1.82, 2.24) is 4.98 Å². The van der Waals surface area contributed by atoms with Crippen LogP contribution in [0.25, 0.3) is 21.9 Å². The molecular formula is C17H13NO3. The van der Waals surface area contributed by atoms with Crippen molar-refractivity contribution < 1.29 is 9.90 Å². The SMILES string of the molecule is CC(=O)c1ccc(-c2c[nH]c(=O)c3cccc(O)c23)cc1. The summed E-state index contributed by atoms with van der Waals surface area (Å²) in [7, 11) is 0. The average Bonchev–Trinajstić information content (AvgIpc) is 2.49. The molecule has 104 valence electrons. The lowest BCUT2D eigenvalue weighted by atomic mass is 9.98. The normalized spacial score (nSPS) is 10.7. The Morgan fingerprint density at radius 2 is 1.81 bits per heavy atom. The Labute approximate surface area is 120 Å². The number of nitrogens with one attached hydrogen (secondary N) is 1. The number of rotatable bonds is 2. The van der Waals surface area contributed by atoms with E-state index in [1.807, 2.05) is 0 Å². The first-order chi connectivity index (χ1) is 10.1. The van der Waals surface area contributed by atoms with Crippen molar-refractivity contribution >= 4 is 16.6 Å². The molecule has 0 aliphatic rings. The van der Waals surface area contributed by atoms with E-state index in [1.54, 1.807) is 48.7 Å². The third-order valence-corrected chi connectivity index (χ3v) is 3.51. The Hall–Kier alpha value is -2.88. The van der Waals surface area contributed by atoms with E-state index in [2.05, 4.69) is 4.98 Å². The Morgan fingerprint density at radius 3 is 2.48 bits per heavy atom. The van der Waals surface area contributed by atoms with Gasteiger partial charge in [0.05, 0.1) is 5.39 Å². The van der Waals surface area contributed by atoms with Crippen molar-refractivity contribution in [2.24, 2.45) is 0 Å². The van der Waals surface area contributed by atoms with E-state index in [0.29, 0.717) is 16.3 Å². The predicted molar refractivity (Wildman–Crippen MR) is 81.7 cm³/mol. The molecule has 4 heteroatoms. The summed E-state index contributed by atoms with van der Waals surface area (Å²) in [4.78, 5) is 25.8. The number of hydrogen-bond acceptors (Lipinski definition) is 3. The van der Waals surface area contributed by atoms with E-state index in [0.717, 1.165) is 11.1 Å². The zero-order valence-corrected chi connectivity index (χ0v) is 11.4. The van der Waals surface area contributed by atoms with Gasteiger partial charge in [-0.3, -0.25) is 9.59 Å². The molecule has 4 nitrogen and oxygen atoms in total. The number of benzene rings is 2. The monoisotopic (exact) mass is 279 g/mol. The number of Topliss-reactive ketones (excluding diaryl/α,β-unsaturated/α-hetero) is 1. The lowest BCUT2D eigenvalue weighted by Crippen LogP contribution is -2.05. The molecular weight excluding hydrogens is 266 g/mol. The zero-order valence-electron chi connectivity index (χ0n) is 11.4. The number of phenolic OH excluding ortho intramolecular Hbond substituents is 1. The fraction of sp³-hybridized carbons (Fsp3) is 0.0588. The highest BCUT2D eigenvalue weighted by molar-refractivity contribution is 6.00. The number of hydrogen-bond donors (Lipinski definition) is 2. The average molecular weight is 279 g/mol. The van der Waals surface area contributed by atoms with Gasteiger partial charge in [0.2, 0.25) is 0 Å². The number of carbonyl (C=O) groups excluding carboxylic acids is 1. The van der Waals surface area contributed by atoms with Crippen LogP contribution in [0.1, 0.15) is 17.3 Å².